The second kappa shape index (κ2) is 6.33. The average Bonchev–Trinajstić information content (AvgIpc) is 2.24. The van der Waals surface area contributed by atoms with Gasteiger partial charge in [0.15, 0.2) is 0 Å². The van der Waals surface area contributed by atoms with Crippen LogP contribution in [0.4, 0.5) is 5.69 Å². The van der Waals surface area contributed by atoms with Crippen molar-refractivity contribution in [2.24, 2.45) is 0 Å². The molecule has 0 saturated carbocycles. The summed E-state index contributed by atoms with van der Waals surface area (Å²) in [5, 5.41) is 2.74. The number of anilines is 1. The van der Waals surface area contributed by atoms with E-state index < -0.39 is 0 Å². The number of nitrogens with one attached hydrogen (secondary N) is 1. The molecule has 0 unspecified atom stereocenters. The number of carbonyl (C=O) groups excluding carboxylic acids is 1. The van der Waals surface area contributed by atoms with E-state index in [1.165, 1.54) is 12.3 Å². The fraction of sp³-hybridized carbons (Fsp3) is 0.250. The number of benzene rings is 1. The minimum absolute atomic E-state index is 0.199. The van der Waals surface area contributed by atoms with Gasteiger partial charge in [0, 0.05) is 16.2 Å². The van der Waals surface area contributed by atoms with Gasteiger partial charge in [0.2, 0.25) is 0 Å². The summed E-state index contributed by atoms with van der Waals surface area (Å²) >= 11 is 3.40. The molecule has 1 aromatic rings. The number of carbonyl (C=O) groups is 1. The van der Waals surface area contributed by atoms with Crippen LogP contribution in [-0.2, 0) is 9.53 Å². The molecule has 0 bridgehead atoms. The predicted octanol–water partition coefficient (Wildman–Crippen LogP) is 3.25. The van der Waals surface area contributed by atoms with Crippen LogP contribution in [-0.4, -0.2) is 12.5 Å². The summed E-state index contributed by atoms with van der Waals surface area (Å²) in [7, 11) is 0. The van der Waals surface area contributed by atoms with Crippen LogP contribution in [0.1, 0.15) is 12.5 Å². The van der Waals surface area contributed by atoms with Crippen LogP contribution < -0.4 is 5.32 Å². The summed E-state index contributed by atoms with van der Waals surface area (Å²) in [6.07, 6.45) is 2.75. The summed E-state index contributed by atoms with van der Waals surface area (Å²) in [5.74, 6) is -0.199. The first-order valence-corrected chi connectivity index (χ1v) is 5.78. The Morgan fingerprint density at radius 3 is 2.94 bits per heavy atom. The first-order valence-electron chi connectivity index (χ1n) is 4.98. The minimum atomic E-state index is -0.199. The lowest BCUT2D eigenvalue weighted by atomic mass is 10.2. The Kier molecular flexibility index (Phi) is 5.05. The minimum Gasteiger partial charge on any atom is -0.501 e. The molecule has 0 heterocycles. The van der Waals surface area contributed by atoms with Crippen molar-refractivity contribution in [3.63, 3.8) is 0 Å². The lowest BCUT2D eigenvalue weighted by Gasteiger charge is -2.04. The Bertz CT molecular complexity index is 402. The van der Waals surface area contributed by atoms with Crippen LogP contribution in [0, 0.1) is 6.92 Å². The number of amides is 1. The average molecular weight is 284 g/mol. The van der Waals surface area contributed by atoms with E-state index >= 15 is 0 Å². The number of aryl methyl sites for hydroxylation is 1. The molecule has 0 atom stereocenters. The highest BCUT2D eigenvalue weighted by Gasteiger charge is 2.00. The number of ether oxygens (including phenoxy) is 1. The Morgan fingerprint density at radius 1 is 1.56 bits per heavy atom. The molecule has 16 heavy (non-hydrogen) atoms. The molecular weight excluding hydrogens is 270 g/mol. The first-order chi connectivity index (χ1) is 7.63. The van der Waals surface area contributed by atoms with E-state index in [1.54, 1.807) is 0 Å². The van der Waals surface area contributed by atoms with Gasteiger partial charge in [0.25, 0.3) is 5.91 Å². The van der Waals surface area contributed by atoms with Crippen molar-refractivity contribution in [3.8, 4) is 0 Å². The van der Waals surface area contributed by atoms with Crippen LogP contribution in [0.15, 0.2) is 35.0 Å². The smallest absolute Gasteiger partial charge is 0.251 e. The third-order valence-corrected chi connectivity index (χ3v) is 2.80. The van der Waals surface area contributed by atoms with E-state index in [-0.39, 0.29) is 5.91 Å². The monoisotopic (exact) mass is 283 g/mol. The lowest BCUT2D eigenvalue weighted by Crippen LogP contribution is -2.08. The molecule has 4 heteroatoms. The van der Waals surface area contributed by atoms with Gasteiger partial charge < -0.3 is 10.1 Å². The van der Waals surface area contributed by atoms with Crippen LogP contribution in [0.2, 0.25) is 0 Å². The Balaban J connectivity index is 2.59. The molecule has 1 amide bonds. The maximum absolute atomic E-state index is 11.4. The molecular formula is C12H14BrNO2. The number of hydrogen-bond acceptors (Lipinski definition) is 2. The zero-order valence-electron chi connectivity index (χ0n) is 9.29. The summed E-state index contributed by atoms with van der Waals surface area (Å²) in [5.41, 5.74) is 1.85. The number of hydrogen-bond donors (Lipinski definition) is 1. The zero-order chi connectivity index (χ0) is 12.0. The van der Waals surface area contributed by atoms with E-state index in [2.05, 4.69) is 21.2 Å². The summed E-state index contributed by atoms with van der Waals surface area (Å²) < 4.78 is 5.96. The summed E-state index contributed by atoms with van der Waals surface area (Å²) in [6.45, 7) is 4.39. The topological polar surface area (TPSA) is 38.3 Å². The highest BCUT2D eigenvalue weighted by atomic mass is 79.9. The van der Waals surface area contributed by atoms with Gasteiger partial charge in [0.05, 0.1) is 12.9 Å². The fourth-order valence-corrected chi connectivity index (χ4v) is 1.36. The maximum Gasteiger partial charge on any atom is 0.251 e. The highest BCUT2D eigenvalue weighted by Crippen LogP contribution is 2.19. The van der Waals surface area contributed by atoms with Gasteiger partial charge >= 0.3 is 0 Å². The van der Waals surface area contributed by atoms with Crippen molar-refractivity contribution in [1.29, 1.82) is 0 Å². The third kappa shape index (κ3) is 4.06. The number of rotatable bonds is 4. The molecule has 0 saturated heterocycles. The largest absolute Gasteiger partial charge is 0.501 e. The van der Waals surface area contributed by atoms with Crippen LogP contribution >= 0.6 is 15.9 Å². The molecule has 86 valence electrons. The van der Waals surface area contributed by atoms with E-state index in [1.807, 2.05) is 32.0 Å². The Morgan fingerprint density at radius 2 is 2.31 bits per heavy atom. The molecule has 0 aliphatic heterocycles. The van der Waals surface area contributed by atoms with Gasteiger partial charge in [-0.3, -0.25) is 4.79 Å². The second-order valence-electron chi connectivity index (χ2n) is 3.21. The molecule has 0 aliphatic carbocycles. The van der Waals surface area contributed by atoms with E-state index in [0.29, 0.717) is 6.61 Å². The van der Waals surface area contributed by atoms with E-state index in [4.69, 9.17) is 4.74 Å². The summed E-state index contributed by atoms with van der Waals surface area (Å²) in [6, 6.07) is 5.64. The molecule has 0 radical (unpaired) electrons. The molecule has 1 aromatic carbocycles. The summed E-state index contributed by atoms with van der Waals surface area (Å²) in [4.78, 5) is 11.4. The fourth-order valence-electron chi connectivity index (χ4n) is 1.11. The maximum atomic E-state index is 11.4. The quantitative estimate of drug-likeness (QED) is 0.681. The number of halogens is 1. The normalized spacial score (nSPS) is 10.4. The van der Waals surface area contributed by atoms with Crippen LogP contribution in [0.5, 0.6) is 0 Å². The van der Waals surface area contributed by atoms with Crippen LogP contribution in [0.25, 0.3) is 0 Å². The van der Waals surface area contributed by atoms with Crippen LogP contribution in [0.3, 0.4) is 0 Å². The molecule has 3 nitrogen and oxygen atoms in total. The van der Waals surface area contributed by atoms with Gasteiger partial charge in [-0.05, 0) is 37.6 Å². The van der Waals surface area contributed by atoms with Gasteiger partial charge in [0.1, 0.15) is 0 Å². The van der Waals surface area contributed by atoms with Crippen molar-refractivity contribution in [2.75, 3.05) is 11.9 Å². The zero-order valence-corrected chi connectivity index (χ0v) is 10.9. The van der Waals surface area contributed by atoms with Crippen molar-refractivity contribution >= 4 is 27.5 Å². The van der Waals surface area contributed by atoms with Gasteiger partial charge in [-0.1, -0.05) is 15.9 Å². The van der Waals surface area contributed by atoms with Crippen molar-refractivity contribution < 1.29 is 9.53 Å². The molecule has 0 aromatic heterocycles. The first kappa shape index (κ1) is 12.8. The van der Waals surface area contributed by atoms with E-state index in [9.17, 15) is 4.79 Å². The van der Waals surface area contributed by atoms with Crippen molar-refractivity contribution in [2.45, 2.75) is 13.8 Å². The lowest BCUT2D eigenvalue weighted by molar-refractivity contribution is -0.112. The Hall–Kier alpha value is -1.29. The van der Waals surface area contributed by atoms with Gasteiger partial charge in [-0.2, -0.15) is 0 Å². The second-order valence-corrected chi connectivity index (χ2v) is 4.07. The predicted molar refractivity (Wildman–Crippen MR) is 68.3 cm³/mol. The highest BCUT2D eigenvalue weighted by molar-refractivity contribution is 9.10. The molecule has 0 aliphatic rings. The van der Waals surface area contributed by atoms with Gasteiger partial charge in [-0.25, -0.2) is 0 Å². The molecule has 0 fully saturated rings. The molecule has 1 rings (SSSR count). The SMILES string of the molecule is CCO/C=C/C(=O)Nc1ccc(Br)c(C)c1. The van der Waals surface area contributed by atoms with E-state index in [0.717, 1.165) is 15.7 Å². The molecule has 0 spiro atoms. The van der Waals surface area contributed by atoms with Crippen molar-refractivity contribution in [1.82, 2.24) is 0 Å². The van der Waals surface area contributed by atoms with Crippen molar-refractivity contribution in [3.05, 3.63) is 40.6 Å². The Labute approximate surface area is 104 Å². The standard InChI is InChI=1S/C12H14BrNO2/c1-3-16-7-6-12(15)14-10-4-5-11(13)9(2)8-10/h4-8H,3H2,1-2H3,(H,14,15)/b7-6+. The van der Waals surface area contributed by atoms with Gasteiger partial charge in [-0.15, -0.1) is 0 Å². The molecule has 1 N–H and O–H groups in total. The third-order valence-electron chi connectivity index (χ3n) is 1.91.